The summed E-state index contributed by atoms with van der Waals surface area (Å²) in [5.41, 5.74) is 6.10. The number of thiocarbonyl (C=S) groups is 1. The molecule has 7 nitrogen and oxygen atoms in total. The molecule has 8 heteroatoms. The minimum Gasteiger partial charge on any atom is -0.389 e. The fourth-order valence-electron chi connectivity index (χ4n) is 1.78. The smallest absolute Gasteiger partial charge is 0.273 e. The molecule has 0 radical (unpaired) electrons. The number of carbonyl (C=O) groups excluding carboxylic acids is 3. The van der Waals surface area contributed by atoms with Gasteiger partial charge >= 0.3 is 0 Å². The van der Waals surface area contributed by atoms with Crippen LogP contribution in [0.25, 0.3) is 0 Å². The maximum absolute atomic E-state index is 12.2. The highest BCUT2D eigenvalue weighted by Crippen LogP contribution is 2.10. The fraction of sp³-hybridized carbons (Fsp3) is 0.250. The minimum absolute atomic E-state index is 0.124. The number of hydrogen-bond donors (Lipinski definition) is 2. The summed E-state index contributed by atoms with van der Waals surface area (Å²) < 4.78 is 0. The van der Waals surface area contributed by atoms with Crippen molar-refractivity contribution in [1.82, 2.24) is 15.2 Å². The van der Waals surface area contributed by atoms with Crippen LogP contribution >= 0.6 is 12.2 Å². The molecule has 0 spiro atoms. The van der Waals surface area contributed by atoms with Gasteiger partial charge < -0.3 is 10.6 Å². The Morgan fingerprint density at radius 3 is 2.75 bits per heavy atom. The standard InChI is InChI=1S/C12H12N4O3S/c1-6-11(18)15-9(17)5-16(6)12(19)8-3-2-7(4-14-8)10(13)20/h2-4,6H,5H2,1H3,(H2,13,20)(H,15,17,18). The molecule has 1 unspecified atom stereocenters. The molecule has 3 N–H and O–H groups in total. The Bertz CT molecular complexity index is 599. The van der Waals surface area contributed by atoms with Gasteiger partial charge in [-0.1, -0.05) is 12.2 Å². The Morgan fingerprint density at radius 2 is 2.20 bits per heavy atom. The molecule has 0 bridgehead atoms. The zero-order valence-electron chi connectivity index (χ0n) is 10.6. The van der Waals surface area contributed by atoms with Crippen molar-refractivity contribution in [1.29, 1.82) is 0 Å². The second-order valence-electron chi connectivity index (χ2n) is 4.32. The molecule has 1 aromatic rings. The molecule has 104 valence electrons. The van der Waals surface area contributed by atoms with Crippen LogP contribution in [0.4, 0.5) is 0 Å². The van der Waals surface area contributed by atoms with Crippen LogP contribution in [0.1, 0.15) is 23.0 Å². The fourth-order valence-corrected chi connectivity index (χ4v) is 1.90. The summed E-state index contributed by atoms with van der Waals surface area (Å²) in [7, 11) is 0. The molecule has 1 fully saturated rings. The van der Waals surface area contributed by atoms with Gasteiger partial charge in [0.1, 0.15) is 23.3 Å². The number of rotatable bonds is 2. The summed E-state index contributed by atoms with van der Waals surface area (Å²) in [5, 5.41) is 2.16. The lowest BCUT2D eigenvalue weighted by molar-refractivity contribution is -0.138. The van der Waals surface area contributed by atoms with Gasteiger partial charge in [-0.25, -0.2) is 0 Å². The summed E-state index contributed by atoms with van der Waals surface area (Å²) in [6.07, 6.45) is 1.38. The largest absolute Gasteiger partial charge is 0.389 e. The van der Waals surface area contributed by atoms with E-state index in [1.807, 2.05) is 0 Å². The van der Waals surface area contributed by atoms with Gasteiger partial charge in [-0.15, -0.1) is 0 Å². The van der Waals surface area contributed by atoms with Crippen LogP contribution in [-0.4, -0.2) is 45.2 Å². The van der Waals surface area contributed by atoms with E-state index < -0.39 is 23.8 Å². The van der Waals surface area contributed by atoms with E-state index in [-0.39, 0.29) is 17.2 Å². The van der Waals surface area contributed by atoms with Gasteiger partial charge in [0.15, 0.2) is 0 Å². The Morgan fingerprint density at radius 1 is 1.50 bits per heavy atom. The van der Waals surface area contributed by atoms with Gasteiger partial charge in [-0.05, 0) is 19.1 Å². The van der Waals surface area contributed by atoms with Crippen molar-refractivity contribution >= 4 is 34.9 Å². The first kappa shape index (κ1) is 14.1. The summed E-state index contributed by atoms with van der Waals surface area (Å²) in [4.78, 5) is 40.4. The lowest BCUT2D eigenvalue weighted by Crippen LogP contribution is -2.58. The topological polar surface area (TPSA) is 105 Å². The number of aromatic nitrogens is 1. The van der Waals surface area contributed by atoms with Gasteiger partial charge in [0.05, 0.1) is 0 Å². The zero-order chi connectivity index (χ0) is 14.9. The van der Waals surface area contributed by atoms with Crippen molar-refractivity contribution in [3.05, 3.63) is 29.6 Å². The zero-order valence-corrected chi connectivity index (χ0v) is 11.4. The number of pyridine rings is 1. The van der Waals surface area contributed by atoms with Crippen LogP contribution < -0.4 is 11.1 Å². The second kappa shape index (κ2) is 5.33. The molecule has 1 aromatic heterocycles. The molecule has 0 saturated carbocycles. The quantitative estimate of drug-likeness (QED) is 0.546. The SMILES string of the molecule is CC1C(=O)NC(=O)CN1C(=O)c1ccc(C(N)=S)cn1. The molecule has 3 amide bonds. The van der Waals surface area contributed by atoms with E-state index in [4.69, 9.17) is 18.0 Å². The van der Waals surface area contributed by atoms with Crippen molar-refractivity contribution in [3.8, 4) is 0 Å². The van der Waals surface area contributed by atoms with E-state index in [2.05, 4.69) is 10.3 Å². The molecule has 20 heavy (non-hydrogen) atoms. The van der Waals surface area contributed by atoms with Crippen molar-refractivity contribution in [2.75, 3.05) is 6.54 Å². The number of imide groups is 1. The highest BCUT2D eigenvalue weighted by atomic mass is 32.1. The van der Waals surface area contributed by atoms with Crippen molar-refractivity contribution in [3.63, 3.8) is 0 Å². The minimum atomic E-state index is -0.725. The van der Waals surface area contributed by atoms with Gasteiger partial charge in [-0.3, -0.25) is 24.7 Å². The highest BCUT2D eigenvalue weighted by Gasteiger charge is 2.34. The summed E-state index contributed by atoms with van der Waals surface area (Å²) in [6.45, 7) is 1.37. The third-order valence-corrected chi connectivity index (χ3v) is 3.19. The lowest BCUT2D eigenvalue weighted by Gasteiger charge is -2.31. The van der Waals surface area contributed by atoms with Gasteiger partial charge in [0, 0.05) is 11.8 Å². The lowest BCUT2D eigenvalue weighted by atomic mass is 10.1. The maximum Gasteiger partial charge on any atom is 0.273 e. The molecule has 1 aliphatic heterocycles. The number of amides is 3. The summed E-state index contributed by atoms with van der Waals surface area (Å²) >= 11 is 4.79. The van der Waals surface area contributed by atoms with E-state index in [0.717, 1.165) is 0 Å². The molecule has 1 saturated heterocycles. The number of nitrogens with zero attached hydrogens (tertiary/aromatic N) is 2. The molecular weight excluding hydrogens is 280 g/mol. The number of piperazine rings is 1. The average Bonchev–Trinajstić information content (AvgIpc) is 2.42. The van der Waals surface area contributed by atoms with Crippen LogP contribution in [0.2, 0.25) is 0 Å². The third kappa shape index (κ3) is 2.64. The summed E-state index contributed by atoms with van der Waals surface area (Å²) in [5.74, 6) is -1.51. The normalized spacial score (nSPS) is 18.6. The second-order valence-corrected chi connectivity index (χ2v) is 4.76. The van der Waals surface area contributed by atoms with E-state index in [0.29, 0.717) is 5.56 Å². The van der Waals surface area contributed by atoms with E-state index in [1.54, 1.807) is 13.0 Å². The predicted molar refractivity (Wildman–Crippen MR) is 73.8 cm³/mol. The molecule has 1 atom stereocenters. The molecule has 2 rings (SSSR count). The maximum atomic E-state index is 12.2. The molecule has 0 aromatic carbocycles. The highest BCUT2D eigenvalue weighted by molar-refractivity contribution is 7.80. The summed E-state index contributed by atoms with van der Waals surface area (Å²) in [6, 6.07) is 2.30. The Hall–Kier alpha value is -2.35. The molecule has 2 heterocycles. The van der Waals surface area contributed by atoms with E-state index in [1.165, 1.54) is 17.2 Å². The first-order valence-electron chi connectivity index (χ1n) is 5.80. The third-order valence-electron chi connectivity index (χ3n) is 2.95. The van der Waals surface area contributed by atoms with Crippen LogP contribution in [0.3, 0.4) is 0 Å². The van der Waals surface area contributed by atoms with Crippen LogP contribution in [0, 0.1) is 0 Å². The Balaban J connectivity index is 2.23. The Labute approximate surface area is 120 Å². The molecule has 1 aliphatic rings. The number of nitrogens with two attached hydrogens (primary N) is 1. The van der Waals surface area contributed by atoms with Crippen LogP contribution in [0.15, 0.2) is 18.3 Å². The number of nitrogens with one attached hydrogen (secondary N) is 1. The average molecular weight is 292 g/mol. The van der Waals surface area contributed by atoms with Gasteiger partial charge in [0.25, 0.3) is 5.91 Å². The van der Waals surface area contributed by atoms with Crippen molar-refractivity contribution < 1.29 is 14.4 Å². The number of carbonyl (C=O) groups is 3. The van der Waals surface area contributed by atoms with Crippen molar-refractivity contribution in [2.45, 2.75) is 13.0 Å². The van der Waals surface area contributed by atoms with Crippen LogP contribution in [0.5, 0.6) is 0 Å². The van der Waals surface area contributed by atoms with Crippen LogP contribution in [-0.2, 0) is 9.59 Å². The number of hydrogen-bond acceptors (Lipinski definition) is 5. The Kier molecular flexibility index (Phi) is 3.75. The van der Waals surface area contributed by atoms with Gasteiger partial charge in [-0.2, -0.15) is 0 Å². The van der Waals surface area contributed by atoms with Gasteiger partial charge in [0.2, 0.25) is 11.8 Å². The van der Waals surface area contributed by atoms with E-state index in [9.17, 15) is 14.4 Å². The van der Waals surface area contributed by atoms with Crippen molar-refractivity contribution in [2.24, 2.45) is 5.73 Å². The monoisotopic (exact) mass is 292 g/mol. The first-order chi connectivity index (χ1) is 9.40. The first-order valence-corrected chi connectivity index (χ1v) is 6.21. The van der Waals surface area contributed by atoms with E-state index >= 15 is 0 Å². The molecular formula is C12H12N4O3S. The molecule has 0 aliphatic carbocycles. The predicted octanol–water partition coefficient (Wildman–Crippen LogP) is -0.797.